The molecule has 1 aromatic carbocycles. The summed E-state index contributed by atoms with van der Waals surface area (Å²) in [6.07, 6.45) is 0. The lowest BCUT2D eigenvalue weighted by Gasteiger charge is -2.16. The summed E-state index contributed by atoms with van der Waals surface area (Å²) in [5.41, 5.74) is 3.96. The summed E-state index contributed by atoms with van der Waals surface area (Å²) < 4.78 is 5.34. The zero-order valence-corrected chi connectivity index (χ0v) is 11.3. The van der Waals surface area contributed by atoms with Crippen LogP contribution >= 0.6 is 0 Å². The van der Waals surface area contributed by atoms with Crippen molar-refractivity contribution in [3.05, 3.63) is 46.7 Å². The lowest BCUT2D eigenvalue weighted by Crippen LogP contribution is -2.19. The van der Waals surface area contributed by atoms with Gasteiger partial charge in [-0.2, -0.15) is 0 Å². The van der Waals surface area contributed by atoms with Gasteiger partial charge in [0.1, 0.15) is 0 Å². The average molecular weight is 245 g/mol. The molecule has 0 aliphatic rings. The summed E-state index contributed by atoms with van der Waals surface area (Å²) >= 11 is 0. The van der Waals surface area contributed by atoms with E-state index in [2.05, 4.69) is 54.5 Å². The van der Waals surface area contributed by atoms with Gasteiger partial charge in [-0.25, -0.2) is 0 Å². The summed E-state index contributed by atoms with van der Waals surface area (Å²) in [6, 6.07) is 6.63. The van der Waals surface area contributed by atoms with E-state index in [1.54, 1.807) is 6.92 Å². The minimum atomic E-state index is 0.261. The lowest BCUT2D eigenvalue weighted by atomic mass is 9.98. The maximum atomic E-state index is 5.34. The first kappa shape index (κ1) is 12.8. The molecule has 4 nitrogen and oxygen atoms in total. The molecule has 1 N–H and O–H groups in total. The monoisotopic (exact) mass is 245 g/mol. The minimum Gasteiger partial charge on any atom is -0.424 e. The summed E-state index contributed by atoms with van der Waals surface area (Å²) in [5.74, 6) is 1.23. The van der Waals surface area contributed by atoms with Crippen molar-refractivity contribution in [2.24, 2.45) is 0 Å². The Morgan fingerprint density at radius 2 is 2.00 bits per heavy atom. The van der Waals surface area contributed by atoms with E-state index in [1.165, 1.54) is 16.7 Å². The highest BCUT2D eigenvalue weighted by Crippen LogP contribution is 2.20. The predicted octanol–water partition coefficient (Wildman–Crippen LogP) is 2.85. The first-order chi connectivity index (χ1) is 8.58. The number of rotatable bonds is 4. The Kier molecular flexibility index (Phi) is 3.77. The number of hydrogen-bond donors (Lipinski definition) is 1. The predicted molar refractivity (Wildman–Crippen MR) is 70.2 cm³/mol. The zero-order chi connectivity index (χ0) is 13.1. The van der Waals surface area contributed by atoms with E-state index in [-0.39, 0.29) is 6.04 Å². The molecule has 1 atom stereocenters. The summed E-state index contributed by atoms with van der Waals surface area (Å²) in [4.78, 5) is 0. The Hall–Kier alpha value is -1.68. The van der Waals surface area contributed by atoms with Crippen LogP contribution in [0.15, 0.2) is 22.6 Å². The Balaban J connectivity index is 2.03. The van der Waals surface area contributed by atoms with Gasteiger partial charge in [-0.1, -0.05) is 18.2 Å². The largest absolute Gasteiger partial charge is 0.424 e. The third-order valence-corrected chi connectivity index (χ3v) is 3.24. The second kappa shape index (κ2) is 5.31. The highest BCUT2D eigenvalue weighted by molar-refractivity contribution is 5.34. The van der Waals surface area contributed by atoms with E-state index >= 15 is 0 Å². The van der Waals surface area contributed by atoms with Crippen LogP contribution in [0.4, 0.5) is 0 Å². The normalized spacial score (nSPS) is 12.7. The molecule has 1 aromatic heterocycles. The van der Waals surface area contributed by atoms with Gasteiger partial charge >= 0.3 is 0 Å². The molecule has 0 bridgehead atoms. The minimum absolute atomic E-state index is 0.261. The maximum Gasteiger partial charge on any atom is 0.230 e. The van der Waals surface area contributed by atoms with E-state index in [4.69, 9.17) is 4.42 Å². The Labute approximate surface area is 107 Å². The van der Waals surface area contributed by atoms with Crippen molar-refractivity contribution < 1.29 is 4.42 Å². The van der Waals surface area contributed by atoms with Gasteiger partial charge in [0.05, 0.1) is 6.54 Å². The van der Waals surface area contributed by atoms with Gasteiger partial charge in [0.25, 0.3) is 0 Å². The first-order valence-electron chi connectivity index (χ1n) is 6.16. The fourth-order valence-electron chi connectivity index (χ4n) is 2.00. The smallest absolute Gasteiger partial charge is 0.230 e. The molecule has 18 heavy (non-hydrogen) atoms. The summed E-state index contributed by atoms with van der Waals surface area (Å²) in [5, 5.41) is 11.2. The standard InChI is InChI=1S/C14H19N3O/c1-9-6-5-7-13(10(9)2)11(3)15-8-14-17-16-12(4)18-14/h5-7,11,15H,8H2,1-4H3. The highest BCUT2D eigenvalue weighted by Gasteiger charge is 2.10. The number of aromatic nitrogens is 2. The summed E-state index contributed by atoms with van der Waals surface area (Å²) in [6.45, 7) is 8.82. The maximum absolute atomic E-state index is 5.34. The number of hydrogen-bond acceptors (Lipinski definition) is 4. The van der Waals surface area contributed by atoms with Crippen LogP contribution < -0.4 is 5.32 Å². The van der Waals surface area contributed by atoms with Crippen LogP contribution in [0.2, 0.25) is 0 Å². The van der Waals surface area contributed by atoms with Crippen molar-refractivity contribution in [2.75, 3.05) is 0 Å². The highest BCUT2D eigenvalue weighted by atomic mass is 16.4. The molecule has 96 valence electrons. The van der Waals surface area contributed by atoms with Crippen LogP contribution in [0.3, 0.4) is 0 Å². The van der Waals surface area contributed by atoms with Crippen molar-refractivity contribution in [1.82, 2.24) is 15.5 Å². The number of aryl methyl sites for hydroxylation is 2. The fourth-order valence-corrected chi connectivity index (χ4v) is 2.00. The van der Waals surface area contributed by atoms with Crippen molar-refractivity contribution in [3.8, 4) is 0 Å². The second-order valence-corrected chi connectivity index (χ2v) is 4.61. The third-order valence-electron chi connectivity index (χ3n) is 3.24. The average Bonchev–Trinajstić information content (AvgIpc) is 2.76. The zero-order valence-electron chi connectivity index (χ0n) is 11.3. The molecule has 0 fully saturated rings. The molecule has 2 rings (SSSR count). The lowest BCUT2D eigenvalue weighted by molar-refractivity contribution is 0.430. The van der Waals surface area contributed by atoms with Gasteiger partial charge in [0.2, 0.25) is 11.8 Å². The molecule has 0 radical (unpaired) electrons. The van der Waals surface area contributed by atoms with Crippen LogP contribution in [0.25, 0.3) is 0 Å². The van der Waals surface area contributed by atoms with E-state index in [9.17, 15) is 0 Å². The molecular weight excluding hydrogens is 226 g/mol. The van der Waals surface area contributed by atoms with Crippen LogP contribution in [0.5, 0.6) is 0 Å². The molecule has 1 heterocycles. The molecule has 0 saturated carbocycles. The van der Waals surface area contributed by atoms with E-state index in [0.29, 0.717) is 18.3 Å². The van der Waals surface area contributed by atoms with Crippen molar-refractivity contribution in [1.29, 1.82) is 0 Å². The van der Waals surface area contributed by atoms with Crippen LogP contribution in [-0.2, 0) is 6.54 Å². The van der Waals surface area contributed by atoms with Crippen LogP contribution in [0.1, 0.15) is 41.4 Å². The SMILES string of the molecule is Cc1nnc(CNC(C)c2cccc(C)c2C)o1. The number of nitrogens with zero attached hydrogens (tertiary/aromatic N) is 2. The van der Waals surface area contributed by atoms with Crippen molar-refractivity contribution in [3.63, 3.8) is 0 Å². The van der Waals surface area contributed by atoms with Gasteiger partial charge in [-0.3, -0.25) is 0 Å². The van der Waals surface area contributed by atoms with Gasteiger partial charge < -0.3 is 9.73 Å². The quantitative estimate of drug-likeness (QED) is 0.900. The number of benzene rings is 1. The topological polar surface area (TPSA) is 51.0 Å². The van der Waals surface area contributed by atoms with Gasteiger partial charge in [0, 0.05) is 13.0 Å². The summed E-state index contributed by atoms with van der Waals surface area (Å²) in [7, 11) is 0. The van der Waals surface area contributed by atoms with Crippen LogP contribution in [-0.4, -0.2) is 10.2 Å². The molecule has 2 aromatic rings. The van der Waals surface area contributed by atoms with Crippen LogP contribution in [0, 0.1) is 20.8 Å². The molecule has 1 unspecified atom stereocenters. The first-order valence-corrected chi connectivity index (χ1v) is 6.16. The fraction of sp³-hybridized carbons (Fsp3) is 0.429. The van der Waals surface area contributed by atoms with Gasteiger partial charge in [0.15, 0.2) is 0 Å². The molecular formula is C14H19N3O. The van der Waals surface area contributed by atoms with E-state index in [0.717, 1.165) is 0 Å². The Morgan fingerprint density at radius 1 is 1.22 bits per heavy atom. The molecule has 0 aliphatic carbocycles. The van der Waals surface area contributed by atoms with Crippen molar-refractivity contribution in [2.45, 2.75) is 40.3 Å². The Morgan fingerprint density at radius 3 is 2.67 bits per heavy atom. The van der Waals surface area contributed by atoms with Crippen molar-refractivity contribution >= 4 is 0 Å². The molecule has 4 heteroatoms. The third kappa shape index (κ3) is 2.76. The van der Waals surface area contributed by atoms with E-state index in [1.807, 2.05) is 0 Å². The molecule has 0 spiro atoms. The second-order valence-electron chi connectivity index (χ2n) is 4.61. The van der Waals surface area contributed by atoms with E-state index < -0.39 is 0 Å². The molecule has 0 amide bonds. The Bertz CT molecular complexity index is 534. The molecule has 0 saturated heterocycles. The number of nitrogens with one attached hydrogen (secondary N) is 1. The molecule has 0 aliphatic heterocycles. The van der Waals surface area contributed by atoms with Gasteiger partial charge in [-0.15, -0.1) is 10.2 Å². The van der Waals surface area contributed by atoms with Gasteiger partial charge in [-0.05, 0) is 37.5 Å².